The summed E-state index contributed by atoms with van der Waals surface area (Å²) in [6.07, 6.45) is 2.44. The summed E-state index contributed by atoms with van der Waals surface area (Å²) in [7, 11) is 0. The molecule has 0 aliphatic heterocycles. The normalized spacial score (nSPS) is 10.5. The molecular weight excluding hydrogens is 202 g/mol. The highest BCUT2D eigenvalue weighted by atomic mass is 32.2. The van der Waals surface area contributed by atoms with Crippen molar-refractivity contribution in [3.8, 4) is 0 Å². The van der Waals surface area contributed by atoms with Crippen molar-refractivity contribution < 1.29 is 0 Å². The molecule has 1 nitrogen and oxygen atoms in total. The maximum absolute atomic E-state index is 3.43. The highest BCUT2D eigenvalue weighted by Crippen LogP contribution is 2.19. The first-order valence-electron chi connectivity index (χ1n) is 5.79. The Bertz CT molecular complexity index is 273. The van der Waals surface area contributed by atoms with Crippen LogP contribution in [0.4, 0.5) is 0 Å². The van der Waals surface area contributed by atoms with Crippen molar-refractivity contribution in [1.29, 1.82) is 0 Å². The summed E-state index contributed by atoms with van der Waals surface area (Å²) in [4.78, 5) is 1.40. The van der Waals surface area contributed by atoms with Crippen LogP contribution in [0.5, 0.6) is 0 Å². The van der Waals surface area contributed by atoms with Gasteiger partial charge in [-0.2, -0.15) is 0 Å². The number of nitrogens with one attached hydrogen (secondary N) is 1. The molecule has 0 saturated heterocycles. The predicted molar refractivity (Wildman–Crippen MR) is 69.5 cm³/mol. The number of thioether (sulfide) groups is 1. The molecule has 0 radical (unpaired) electrons. The number of rotatable bonds is 7. The number of benzene rings is 1. The molecule has 84 valence electrons. The maximum Gasteiger partial charge on any atom is 0.0205 e. The summed E-state index contributed by atoms with van der Waals surface area (Å²) in [5.74, 6) is 1.21. The lowest BCUT2D eigenvalue weighted by Gasteiger charge is -2.05. The van der Waals surface area contributed by atoms with E-state index in [2.05, 4.69) is 43.4 Å². The minimum Gasteiger partial charge on any atom is -0.313 e. The second-order valence-electron chi connectivity index (χ2n) is 3.67. The zero-order valence-corrected chi connectivity index (χ0v) is 10.6. The molecule has 15 heavy (non-hydrogen) atoms. The van der Waals surface area contributed by atoms with Crippen LogP contribution >= 0.6 is 11.8 Å². The molecule has 0 aliphatic rings. The molecule has 0 atom stereocenters. The van der Waals surface area contributed by atoms with Gasteiger partial charge in [-0.15, -0.1) is 11.8 Å². The Morgan fingerprint density at radius 3 is 2.80 bits per heavy atom. The third kappa shape index (κ3) is 5.24. The lowest BCUT2D eigenvalue weighted by Crippen LogP contribution is -2.13. The molecule has 1 aromatic carbocycles. The molecule has 0 bridgehead atoms. The van der Waals surface area contributed by atoms with Gasteiger partial charge in [0.25, 0.3) is 0 Å². The monoisotopic (exact) mass is 223 g/mol. The standard InChI is InChI=1S/C13H21NS/c1-3-8-14-11-12-6-5-7-13(10-12)15-9-4-2/h5-7,10,14H,3-4,8-9,11H2,1-2H3. The van der Waals surface area contributed by atoms with Crippen LogP contribution < -0.4 is 5.32 Å². The molecule has 2 heteroatoms. The van der Waals surface area contributed by atoms with Crippen molar-refractivity contribution in [2.75, 3.05) is 12.3 Å². The van der Waals surface area contributed by atoms with Crippen molar-refractivity contribution in [2.24, 2.45) is 0 Å². The van der Waals surface area contributed by atoms with Crippen LogP contribution in [0.1, 0.15) is 32.3 Å². The van der Waals surface area contributed by atoms with Crippen LogP contribution in [-0.4, -0.2) is 12.3 Å². The van der Waals surface area contributed by atoms with E-state index in [1.54, 1.807) is 0 Å². The van der Waals surface area contributed by atoms with Crippen LogP contribution in [0.2, 0.25) is 0 Å². The van der Waals surface area contributed by atoms with E-state index in [4.69, 9.17) is 0 Å². The van der Waals surface area contributed by atoms with Crippen LogP contribution in [0.3, 0.4) is 0 Å². The minimum atomic E-state index is 0.994. The first-order valence-corrected chi connectivity index (χ1v) is 6.77. The van der Waals surface area contributed by atoms with Crippen molar-refractivity contribution in [3.63, 3.8) is 0 Å². The van der Waals surface area contributed by atoms with Gasteiger partial charge < -0.3 is 5.32 Å². The Balaban J connectivity index is 2.42. The average Bonchev–Trinajstić information content (AvgIpc) is 2.27. The SMILES string of the molecule is CCCNCc1cccc(SCCC)c1. The second-order valence-corrected chi connectivity index (χ2v) is 4.84. The van der Waals surface area contributed by atoms with Crippen molar-refractivity contribution >= 4 is 11.8 Å². The highest BCUT2D eigenvalue weighted by Gasteiger charge is 1.95. The van der Waals surface area contributed by atoms with Crippen LogP contribution in [0.15, 0.2) is 29.2 Å². The van der Waals surface area contributed by atoms with Crippen molar-refractivity contribution in [3.05, 3.63) is 29.8 Å². The fourth-order valence-corrected chi connectivity index (χ4v) is 2.22. The van der Waals surface area contributed by atoms with E-state index in [0.29, 0.717) is 0 Å². The number of hydrogen-bond donors (Lipinski definition) is 1. The summed E-state index contributed by atoms with van der Waals surface area (Å²) in [5, 5.41) is 3.43. The Morgan fingerprint density at radius 2 is 2.07 bits per heavy atom. The van der Waals surface area contributed by atoms with Crippen LogP contribution in [-0.2, 0) is 6.54 Å². The molecule has 0 aliphatic carbocycles. The van der Waals surface area contributed by atoms with Gasteiger partial charge in [-0.05, 0) is 42.8 Å². The Labute approximate surface area is 97.7 Å². The third-order valence-electron chi connectivity index (χ3n) is 2.13. The van der Waals surface area contributed by atoms with Gasteiger partial charge in [0.15, 0.2) is 0 Å². The second kappa shape index (κ2) is 7.77. The Hall–Kier alpha value is -0.470. The van der Waals surface area contributed by atoms with E-state index in [1.807, 2.05) is 11.8 Å². The summed E-state index contributed by atoms with van der Waals surface area (Å²) < 4.78 is 0. The maximum atomic E-state index is 3.43. The predicted octanol–water partition coefficient (Wildman–Crippen LogP) is 3.69. The first kappa shape index (κ1) is 12.6. The average molecular weight is 223 g/mol. The Morgan fingerprint density at radius 1 is 1.20 bits per heavy atom. The van der Waals surface area contributed by atoms with Gasteiger partial charge in [0, 0.05) is 11.4 Å². The molecule has 0 amide bonds. The van der Waals surface area contributed by atoms with Crippen LogP contribution in [0.25, 0.3) is 0 Å². The molecule has 0 unspecified atom stereocenters. The molecule has 1 aromatic rings. The van der Waals surface area contributed by atoms with E-state index >= 15 is 0 Å². The smallest absolute Gasteiger partial charge is 0.0205 e. The van der Waals surface area contributed by atoms with E-state index in [9.17, 15) is 0 Å². The molecule has 0 spiro atoms. The summed E-state index contributed by atoms with van der Waals surface area (Å²) >= 11 is 1.95. The van der Waals surface area contributed by atoms with E-state index in [1.165, 1.54) is 29.1 Å². The minimum absolute atomic E-state index is 0.994. The van der Waals surface area contributed by atoms with E-state index < -0.39 is 0 Å². The van der Waals surface area contributed by atoms with Crippen molar-refractivity contribution in [2.45, 2.75) is 38.1 Å². The zero-order valence-electron chi connectivity index (χ0n) is 9.75. The molecular formula is C13H21NS. The van der Waals surface area contributed by atoms with E-state index in [0.717, 1.165) is 13.1 Å². The number of hydrogen-bond acceptors (Lipinski definition) is 2. The fraction of sp³-hybridized carbons (Fsp3) is 0.538. The highest BCUT2D eigenvalue weighted by molar-refractivity contribution is 7.99. The topological polar surface area (TPSA) is 12.0 Å². The third-order valence-corrected chi connectivity index (χ3v) is 3.33. The van der Waals surface area contributed by atoms with Gasteiger partial charge in [-0.1, -0.05) is 26.0 Å². The first-order chi connectivity index (χ1) is 7.36. The van der Waals surface area contributed by atoms with Gasteiger partial charge in [0.2, 0.25) is 0 Å². The lowest BCUT2D eigenvalue weighted by molar-refractivity contribution is 0.674. The van der Waals surface area contributed by atoms with Crippen LogP contribution in [0, 0.1) is 0 Å². The van der Waals surface area contributed by atoms with Gasteiger partial charge in [0.05, 0.1) is 0 Å². The molecule has 1 N–H and O–H groups in total. The largest absolute Gasteiger partial charge is 0.313 e. The van der Waals surface area contributed by atoms with Gasteiger partial charge in [0.1, 0.15) is 0 Å². The quantitative estimate of drug-likeness (QED) is 0.559. The molecule has 0 fully saturated rings. The Kier molecular flexibility index (Phi) is 6.53. The molecule has 0 saturated carbocycles. The molecule has 0 aromatic heterocycles. The van der Waals surface area contributed by atoms with Gasteiger partial charge in [-0.25, -0.2) is 0 Å². The van der Waals surface area contributed by atoms with Crippen molar-refractivity contribution in [1.82, 2.24) is 5.32 Å². The summed E-state index contributed by atoms with van der Waals surface area (Å²) in [5.41, 5.74) is 1.39. The summed E-state index contributed by atoms with van der Waals surface area (Å²) in [6.45, 7) is 6.51. The molecule has 0 heterocycles. The van der Waals surface area contributed by atoms with Gasteiger partial charge >= 0.3 is 0 Å². The fourth-order valence-electron chi connectivity index (χ4n) is 1.37. The summed E-state index contributed by atoms with van der Waals surface area (Å²) in [6, 6.07) is 8.84. The lowest BCUT2D eigenvalue weighted by atomic mass is 10.2. The molecule has 1 rings (SSSR count). The van der Waals surface area contributed by atoms with Gasteiger partial charge in [-0.3, -0.25) is 0 Å². The van der Waals surface area contributed by atoms with E-state index in [-0.39, 0.29) is 0 Å². The zero-order chi connectivity index (χ0) is 10.9.